The number of rotatable bonds is 6. The molecule has 0 saturated carbocycles. The lowest BCUT2D eigenvalue weighted by molar-refractivity contribution is 0.0703. The average Bonchev–Trinajstić information content (AvgIpc) is 2.37. The Morgan fingerprint density at radius 2 is 1.75 bits per heavy atom. The molecule has 0 amide bonds. The van der Waals surface area contributed by atoms with Crippen LogP contribution in [0.15, 0.2) is 35.2 Å². The number of nitrogens with zero attached hydrogens (tertiary/aromatic N) is 1. The van der Waals surface area contributed by atoms with E-state index in [0.29, 0.717) is 11.4 Å². The quantitative estimate of drug-likeness (QED) is 0.870. The van der Waals surface area contributed by atoms with Crippen molar-refractivity contribution in [2.75, 3.05) is 26.0 Å². The third-order valence-corrected chi connectivity index (χ3v) is 5.23. The van der Waals surface area contributed by atoms with Gasteiger partial charge in [0.1, 0.15) is 0 Å². The minimum atomic E-state index is -3.27. The predicted octanol–water partition coefficient (Wildman–Crippen LogP) is 1.80. The maximum atomic E-state index is 12.2. The first-order valence-corrected chi connectivity index (χ1v) is 8.42. The second-order valence-corrected chi connectivity index (χ2v) is 8.29. The maximum absolute atomic E-state index is 12.2. The fourth-order valence-electron chi connectivity index (χ4n) is 2.24. The van der Waals surface area contributed by atoms with Gasteiger partial charge in [0.2, 0.25) is 0 Å². The maximum Gasteiger partial charge on any atom is 0.179 e. The van der Waals surface area contributed by atoms with E-state index in [4.69, 9.17) is 0 Å². The van der Waals surface area contributed by atoms with E-state index in [0.717, 1.165) is 0 Å². The molecule has 1 unspecified atom stereocenters. The molecule has 1 aromatic rings. The Balaban J connectivity index is 2.72. The Labute approximate surface area is 122 Å². The molecule has 0 aliphatic carbocycles. The minimum Gasteiger partial charge on any atom is -0.395 e. The van der Waals surface area contributed by atoms with Crippen LogP contribution in [0.4, 0.5) is 0 Å². The molecule has 1 rings (SSSR count). The van der Waals surface area contributed by atoms with Crippen LogP contribution >= 0.6 is 0 Å². The van der Waals surface area contributed by atoms with Crippen LogP contribution in [0.2, 0.25) is 0 Å². The van der Waals surface area contributed by atoms with Crippen molar-refractivity contribution in [1.82, 2.24) is 4.90 Å². The lowest BCUT2D eigenvalue weighted by atomic mass is 9.86. The van der Waals surface area contributed by atoms with E-state index >= 15 is 0 Å². The number of sulfone groups is 1. The van der Waals surface area contributed by atoms with E-state index in [-0.39, 0.29) is 23.8 Å². The lowest BCUT2D eigenvalue weighted by Gasteiger charge is -2.36. The molecule has 0 bridgehead atoms. The Morgan fingerprint density at radius 3 is 2.20 bits per heavy atom. The summed E-state index contributed by atoms with van der Waals surface area (Å²) in [6.45, 7) is 6.54. The highest BCUT2D eigenvalue weighted by Crippen LogP contribution is 2.23. The molecule has 0 saturated heterocycles. The van der Waals surface area contributed by atoms with E-state index < -0.39 is 9.84 Å². The second-order valence-electron chi connectivity index (χ2n) is 6.18. The standard InChI is InChI=1S/C15H25NO3S/c1-15(2,3)14(12-17)16(4)10-11-20(18,19)13-8-6-5-7-9-13/h5-9,14,17H,10-12H2,1-4H3. The molecule has 1 N–H and O–H groups in total. The molecule has 0 fully saturated rings. The Kier molecular flexibility index (Phi) is 5.74. The first-order chi connectivity index (χ1) is 9.18. The zero-order valence-corrected chi connectivity index (χ0v) is 13.5. The van der Waals surface area contributed by atoms with Crippen LogP contribution in [0.5, 0.6) is 0 Å². The summed E-state index contributed by atoms with van der Waals surface area (Å²) >= 11 is 0. The van der Waals surface area contributed by atoms with Crippen LogP contribution < -0.4 is 0 Å². The molecule has 1 atom stereocenters. The molecule has 0 aliphatic heterocycles. The van der Waals surface area contributed by atoms with Crippen molar-refractivity contribution in [2.45, 2.75) is 31.7 Å². The predicted molar refractivity (Wildman–Crippen MR) is 81.5 cm³/mol. The average molecular weight is 299 g/mol. The fourth-order valence-corrected chi connectivity index (χ4v) is 3.58. The molecule has 5 heteroatoms. The van der Waals surface area contributed by atoms with Gasteiger partial charge in [0.05, 0.1) is 17.3 Å². The van der Waals surface area contributed by atoms with Gasteiger partial charge in [-0.25, -0.2) is 8.42 Å². The topological polar surface area (TPSA) is 57.6 Å². The van der Waals surface area contributed by atoms with Gasteiger partial charge in [-0.2, -0.15) is 0 Å². The monoisotopic (exact) mass is 299 g/mol. The van der Waals surface area contributed by atoms with Crippen LogP contribution in [-0.2, 0) is 9.84 Å². The van der Waals surface area contributed by atoms with Gasteiger partial charge >= 0.3 is 0 Å². The third-order valence-electron chi connectivity index (χ3n) is 3.52. The van der Waals surface area contributed by atoms with E-state index in [1.54, 1.807) is 30.3 Å². The highest BCUT2D eigenvalue weighted by Gasteiger charge is 2.28. The highest BCUT2D eigenvalue weighted by molar-refractivity contribution is 7.91. The van der Waals surface area contributed by atoms with E-state index in [2.05, 4.69) is 0 Å². The molecule has 114 valence electrons. The number of hydrogen-bond acceptors (Lipinski definition) is 4. The molecular weight excluding hydrogens is 274 g/mol. The van der Waals surface area contributed by atoms with Gasteiger partial charge in [-0.05, 0) is 24.6 Å². The summed E-state index contributed by atoms with van der Waals surface area (Å²) in [5.74, 6) is 0.0556. The number of aliphatic hydroxyl groups excluding tert-OH is 1. The van der Waals surface area contributed by atoms with Gasteiger partial charge < -0.3 is 5.11 Å². The van der Waals surface area contributed by atoms with Crippen LogP contribution in [-0.4, -0.2) is 50.4 Å². The van der Waals surface area contributed by atoms with E-state index in [1.807, 2.05) is 32.7 Å². The van der Waals surface area contributed by atoms with Crippen LogP contribution in [0.1, 0.15) is 20.8 Å². The molecule has 1 aromatic carbocycles. The van der Waals surface area contributed by atoms with Gasteiger partial charge in [-0.1, -0.05) is 39.0 Å². The first kappa shape index (κ1) is 17.1. The zero-order chi connectivity index (χ0) is 15.4. The summed E-state index contributed by atoms with van der Waals surface area (Å²) in [6, 6.07) is 8.41. The minimum absolute atomic E-state index is 0.0192. The summed E-state index contributed by atoms with van der Waals surface area (Å²) in [7, 11) is -1.41. The largest absolute Gasteiger partial charge is 0.395 e. The van der Waals surface area contributed by atoms with Crippen molar-refractivity contribution in [3.8, 4) is 0 Å². The zero-order valence-electron chi connectivity index (χ0n) is 12.7. The van der Waals surface area contributed by atoms with Crippen LogP contribution in [0, 0.1) is 5.41 Å². The van der Waals surface area contributed by atoms with Crippen molar-refractivity contribution >= 4 is 9.84 Å². The smallest absolute Gasteiger partial charge is 0.179 e. The van der Waals surface area contributed by atoms with E-state index in [9.17, 15) is 13.5 Å². The van der Waals surface area contributed by atoms with Gasteiger partial charge in [0, 0.05) is 12.6 Å². The normalized spacial score (nSPS) is 14.5. The van der Waals surface area contributed by atoms with Gasteiger partial charge in [0.25, 0.3) is 0 Å². The van der Waals surface area contributed by atoms with Crippen LogP contribution in [0.25, 0.3) is 0 Å². The first-order valence-electron chi connectivity index (χ1n) is 6.77. The lowest BCUT2D eigenvalue weighted by Crippen LogP contribution is -2.46. The third kappa shape index (κ3) is 4.58. The van der Waals surface area contributed by atoms with Crippen molar-refractivity contribution < 1.29 is 13.5 Å². The van der Waals surface area contributed by atoms with Gasteiger partial charge in [-0.3, -0.25) is 4.90 Å². The summed E-state index contributed by atoms with van der Waals surface area (Å²) in [4.78, 5) is 2.27. The van der Waals surface area contributed by atoms with Crippen molar-refractivity contribution in [3.63, 3.8) is 0 Å². The molecule has 0 heterocycles. The van der Waals surface area contributed by atoms with Crippen molar-refractivity contribution in [3.05, 3.63) is 30.3 Å². The molecule has 0 aliphatic rings. The SMILES string of the molecule is CN(CCS(=O)(=O)c1ccccc1)C(CO)C(C)(C)C. The fraction of sp³-hybridized carbons (Fsp3) is 0.600. The second kappa shape index (κ2) is 6.70. The molecule has 0 radical (unpaired) electrons. The number of likely N-dealkylation sites (N-methyl/N-ethyl adjacent to an activating group) is 1. The molecule has 4 nitrogen and oxygen atoms in total. The summed E-state index contributed by atoms with van der Waals surface area (Å²) in [6.07, 6.45) is 0. The van der Waals surface area contributed by atoms with Crippen LogP contribution in [0.3, 0.4) is 0 Å². The molecule has 20 heavy (non-hydrogen) atoms. The van der Waals surface area contributed by atoms with Gasteiger partial charge in [0.15, 0.2) is 9.84 Å². The Hall–Kier alpha value is -0.910. The summed E-state index contributed by atoms with van der Waals surface area (Å²) in [5.41, 5.74) is -0.0972. The van der Waals surface area contributed by atoms with Crippen molar-refractivity contribution in [2.24, 2.45) is 5.41 Å². The number of hydrogen-bond donors (Lipinski definition) is 1. The Bertz CT molecular complexity index is 506. The van der Waals surface area contributed by atoms with E-state index in [1.165, 1.54) is 0 Å². The van der Waals surface area contributed by atoms with Crippen molar-refractivity contribution in [1.29, 1.82) is 0 Å². The molecule has 0 spiro atoms. The molecule has 0 aromatic heterocycles. The highest BCUT2D eigenvalue weighted by atomic mass is 32.2. The molecular formula is C15H25NO3S. The Morgan fingerprint density at radius 1 is 1.20 bits per heavy atom. The summed E-state index contributed by atoms with van der Waals surface area (Å²) < 4.78 is 24.4. The summed E-state index contributed by atoms with van der Waals surface area (Å²) in [5, 5.41) is 9.49. The number of benzene rings is 1. The number of aliphatic hydroxyl groups is 1. The van der Waals surface area contributed by atoms with Gasteiger partial charge in [-0.15, -0.1) is 0 Å².